The van der Waals surface area contributed by atoms with E-state index in [1.165, 1.54) is 22.5 Å². The molecule has 0 spiro atoms. The summed E-state index contributed by atoms with van der Waals surface area (Å²) in [5.74, 6) is -0.769. The first kappa shape index (κ1) is 24.5. The summed E-state index contributed by atoms with van der Waals surface area (Å²) >= 11 is 2.01. The topological polar surface area (TPSA) is 106 Å². The van der Waals surface area contributed by atoms with Crippen LogP contribution >= 0.6 is 22.6 Å². The third-order valence-electron chi connectivity index (χ3n) is 4.98. The number of sulfonamides is 1. The Labute approximate surface area is 201 Å². The van der Waals surface area contributed by atoms with E-state index in [2.05, 4.69) is 5.32 Å². The zero-order valence-electron chi connectivity index (χ0n) is 17.7. The molecule has 3 rings (SSSR count). The first-order valence-corrected chi connectivity index (χ1v) is 12.8. The fourth-order valence-corrected chi connectivity index (χ4v) is 5.53. The molecule has 2 heterocycles. The van der Waals surface area contributed by atoms with Crippen molar-refractivity contribution in [3.05, 3.63) is 51.5 Å². The summed E-state index contributed by atoms with van der Waals surface area (Å²) in [5.41, 5.74) is 0.933. The van der Waals surface area contributed by atoms with E-state index in [1.54, 1.807) is 31.2 Å². The molecule has 0 aliphatic carbocycles. The van der Waals surface area contributed by atoms with Gasteiger partial charge in [-0.05, 0) is 78.3 Å². The predicted molar refractivity (Wildman–Crippen MR) is 128 cm³/mol. The van der Waals surface area contributed by atoms with E-state index in [-0.39, 0.29) is 4.90 Å². The maximum Gasteiger partial charge on any atom is 0.331 e. The Kier molecular flexibility index (Phi) is 8.49. The van der Waals surface area contributed by atoms with Crippen LogP contribution in [0.2, 0.25) is 0 Å². The molecule has 0 unspecified atom stereocenters. The maximum absolute atomic E-state index is 13.1. The van der Waals surface area contributed by atoms with Gasteiger partial charge in [0.2, 0.25) is 10.0 Å². The highest BCUT2D eigenvalue weighted by atomic mass is 127. The number of carbonyl (C=O) groups excluding carboxylic acids is 2. The second-order valence-corrected chi connectivity index (χ2v) is 10.4. The lowest BCUT2D eigenvalue weighted by Crippen LogP contribution is -2.32. The summed E-state index contributed by atoms with van der Waals surface area (Å²) in [5, 5.41) is 2.59. The van der Waals surface area contributed by atoms with Gasteiger partial charge in [-0.25, -0.2) is 13.2 Å². The van der Waals surface area contributed by atoms with Crippen LogP contribution in [0.15, 0.2) is 45.7 Å². The predicted octanol–water partition coefficient (Wildman–Crippen LogP) is 3.95. The Morgan fingerprint density at radius 3 is 2.53 bits per heavy atom. The van der Waals surface area contributed by atoms with Gasteiger partial charge in [-0.15, -0.1) is 0 Å². The van der Waals surface area contributed by atoms with E-state index in [0.717, 1.165) is 25.7 Å². The van der Waals surface area contributed by atoms with Crippen molar-refractivity contribution in [3.8, 4) is 0 Å². The van der Waals surface area contributed by atoms with Crippen molar-refractivity contribution in [2.45, 2.75) is 37.5 Å². The normalized spacial score (nSPS) is 15.4. The molecule has 1 aliphatic heterocycles. The Bertz CT molecular complexity index is 1100. The lowest BCUT2D eigenvalue weighted by Gasteiger charge is -2.21. The highest BCUT2D eigenvalue weighted by Gasteiger charge is 2.27. The number of anilines is 1. The number of nitrogens with one attached hydrogen (secondary N) is 1. The first-order valence-electron chi connectivity index (χ1n) is 10.3. The molecule has 1 saturated heterocycles. The molecule has 1 fully saturated rings. The minimum Gasteiger partial charge on any atom is -0.452 e. The molecule has 1 N–H and O–H groups in total. The van der Waals surface area contributed by atoms with Gasteiger partial charge in [-0.1, -0.05) is 18.9 Å². The van der Waals surface area contributed by atoms with Crippen molar-refractivity contribution < 1.29 is 27.2 Å². The van der Waals surface area contributed by atoms with Crippen LogP contribution in [0.1, 0.15) is 37.0 Å². The van der Waals surface area contributed by atoms with Crippen molar-refractivity contribution in [1.29, 1.82) is 0 Å². The molecule has 0 saturated carbocycles. The van der Waals surface area contributed by atoms with Crippen LogP contribution in [-0.2, 0) is 24.3 Å². The van der Waals surface area contributed by atoms with Gasteiger partial charge in [0.05, 0.1) is 4.90 Å². The zero-order valence-corrected chi connectivity index (χ0v) is 20.6. The van der Waals surface area contributed by atoms with Crippen molar-refractivity contribution in [2.24, 2.45) is 0 Å². The Balaban J connectivity index is 1.60. The highest BCUT2D eigenvalue weighted by molar-refractivity contribution is 14.1. The van der Waals surface area contributed by atoms with Crippen molar-refractivity contribution >= 4 is 56.3 Å². The molecule has 1 aromatic heterocycles. The number of hydrogen-bond donors (Lipinski definition) is 1. The van der Waals surface area contributed by atoms with Crippen LogP contribution in [0, 0.1) is 10.7 Å². The number of furan rings is 1. The summed E-state index contributed by atoms with van der Waals surface area (Å²) in [6.07, 6.45) is 6.34. The van der Waals surface area contributed by atoms with Crippen LogP contribution in [0.3, 0.4) is 0 Å². The minimum absolute atomic E-state index is 0.171. The average Bonchev–Trinajstić information content (AvgIpc) is 2.99. The zero-order chi connectivity index (χ0) is 23.1. The van der Waals surface area contributed by atoms with Crippen LogP contribution in [0.25, 0.3) is 6.08 Å². The second-order valence-electron chi connectivity index (χ2n) is 7.43. The lowest BCUT2D eigenvalue weighted by atomic mass is 10.2. The largest absolute Gasteiger partial charge is 0.452 e. The summed E-state index contributed by atoms with van der Waals surface area (Å²) < 4.78 is 38.7. The van der Waals surface area contributed by atoms with Gasteiger partial charge >= 0.3 is 5.97 Å². The SMILES string of the molecule is Cc1ccc(NC(=O)COC(=O)/C=C/c2ccc(I)o2)cc1S(=O)(=O)N1CCCCCC1. The maximum atomic E-state index is 13.1. The number of carbonyl (C=O) groups is 2. The molecule has 0 bridgehead atoms. The number of esters is 1. The van der Waals surface area contributed by atoms with Gasteiger partial charge in [0.1, 0.15) is 5.76 Å². The van der Waals surface area contributed by atoms with Gasteiger partial charge < -0.3 is 14.5 Å². The Morgan fingerprint density at radius 1 is 1.16 bits per heavy atom. The van der Waals surface area contributed by atoms with E-state index < -0.39 is 28.5 Å². The summed E-state index contributed by atoms with van der Waals surface area (Å²) in [4.78, 5) is 24.2. The fraction of sp³-hybridized carbons (Fsp3) is 0.364. The molecule has 8 nitrogen and oxygen atoms in total. The van der Waals surface area contributed by atoms with E-state index in [9.17, 15) is 18.0 Å². The van der Waals surface area contributed by atoms with Gasteiger partial charge in [0.15, 0.2) is 10.4 Å². The van der Waals surface area contributed by atoms with E-state index in [4.69, 9.17) is 9.15 Å². The number of ether oxygens (including phenoxy) is 1. The van der Waals surface area contributed by atoms with Crippen molar-refractivity contribution in [1.82, 2.24) is 4.31 Å². The van der Waals surface area contributed by atoms with E-state index >= 15 is 0 Å². The average molecular weight is 572 g/mol. The molecule has 1 aliphatic rings. The molecule has 1 aromatic carbocycles. The quantitative estimate of drug-likeness (QED) is 0.306. The summed E-state index contributed by atoms with van der Waals surface area (Å²) in [7, 11) is -3.65. The van der Waals surface area contributed by atoms with Gasteiger partial charge in [0, 0.05) is 24.9 Å². The molecule has 0 atom stereocenters. The fourth-order valence-electron chi connectivity index (χ4n) is 3.33. The molecule has 1 amide bonds. The van der Waals surface area contributed by atoms with Crippen LogP contribution in [0.4, 0.5) is 5.69 Å². The number of aryl methyl sites for hydroxylation is 1. The third-order valence-corrected chi connectivity index (χ3v) is 7.60. The smallest absolute Gasteiger partial charge is 0.331 e. The first-order chi connectivity index (χ1) is 15.3. The summed E-state index contributed by atoms with van der Waals surface area (Å²) in [6, 6.07) is 8.18. The highest BCUT2D eigenvalue weighted by Crippen LogP contribution is 2.25. The number of hydrogen-bond acceptors (Lipinski definition) is 6. The lowest BCUT2D eigenvalue weighted by molar-refractivity contribution is -0.142. The minimum atomic E-state index is -3.65. The Morgan fingerprint density at radius 2 is 1.88 bits per heavy atom. The van der Waals surface area contributed by atoms with E-state index in [0.29, 0.717) is 33.9 Å². The van der Waals surface area contributed by atoms with Crippen LogP contribution in [-0.4, -0.2) is 44.3 Å². The van der Waals surface area contributed by atoms with Crippen molar-refractivity contribution in [2.75, 3.05) is 25.0 Å². The third kappa shape index (κ3) is 6.66. The Hall–Kier alpha value is -2.18. The molecule has 2 aromatic rings. The second kappa shape index (κ2) is 11.1. The number of rotatable bonds is 7. The van der Waals surface area contributed by atoms with Crippen LogP contribution < -0.4 is 5.32 Å². The van der Waals surface area contributed by atoms with Crippen molar-refractivity contribution in [3.63, 3.8) is 0 Å². The number of nitrogens with zero attached hydrogens (tertiary/aromatic N) is 1. The molecule has 172 valence electrons. The van der Waals surface area contributed by atoms with Gasteiger partial charge in [-0.3, -0.25) is 4.79 Å². The molecule has 10 heteroatoms. The molecule has 0 radical (unpaired) electrons. The molecular formula is C22H25IN2O6S. The van der Waals surface area contributed by atoms with Gasteiger partial charge in [-0.2, -0.15) is 4.31 Å². The molecule has 32 heavy (non-hydrogen) atoms. The van der Waals surface area contributed by atoms with Crippen LogP contribution in [0.5, 0.6) is 0 Å². The monoisotopic (exact) mass is 572 g/mol. The molecular weight excluding hydrogens is 547 g/mol. The van der Waals surface area contributed by atoms with Gasteiger partial charge in [0.25, 0.3) is 5.91 Å². The summed E-state index contributed by atoms with van der Waals surface area (Å²) in [6.45, 7) is 2.23. The number of amides is 1. The standard InChI is InChI=1S/C22H25IN2O6S/c1-16-6-7-17(14-19(16)32(28,29)25-12-4-2-3-5-13-25)24-21(26)15-30-22(27)11-9-18-8-10-20(23)31-18/h6-11,14H,2-5,12-13,15H2,1H3,(H,24,26)/b11-9+. The number of halogens is 1. The number of benzene rings is 1. The van der Waals surface area contributed by atoms with E-state index in [1.807, 2.05) is 22.6 Å².